The van der Waals surface area contributed by atoms with Crippen LogP contribution in [0.1, 0.15) is 62.8 Å². The lowest BCUT2D eigenvalue weighted by molar-refractivity contribution is -0.153. The number of aryl methyl sites for hydroxylation is 1. The number of carboxylic acids is 1. The topological polar surface area (TPSA) is 114 Å². The van der Waals surface area contributed by atoms with E-state index in [4.69, 9.17) is 10.2 Å². The summed E-state index contributed by atoms with van der Waals surface area (Å²) in [5.41, 5.74) is 7.93. The number of benzene rings is 4. The zero-order valence-corrected chi connectivity index (χ0v) is 25.3. The Morgan fingerprint density at radius 2 is 1.57 bits per heavy atom. The number of primary amides is 1. The first-order valence-electron chi connectivity index (χ1n) is 14.4. The molecule has 1 aromatic heterocycles. The molecule has 0 atom stereocenters. The Balaban J connectivity index is 1.57. The molecule has 10 heteroatoms. The van der Waals surface area contributed by atoms with Crippen molar-refractivity contribution in [3.8, 4) is 11.1 Å². The second kappa shape index (κ2) is 12.2. The van der Waals surface area contributed by atoms with Crippen molar-refractivity contribution in [2.24, 2.45) is 5.73 Å². The standard InChI is InChI=1S/C36H31F3N2O5/c1-21-11-12-22-7-4-5-10-28(22)31(21)33(43)41(20-27-15-16-30(46-27)36(37,38)39)19-25-14-13-24(18-29(25)32(40)42)23-8-6-9-26(17-23)35(2,3)34(44)45/h4-18H,19-20H2,1-3H3,(H2,40,42)(H,44,45). The Morgan fingerprint density at radius 3 is 2.24 bits per heavy atom. The zero-order valence-electron chi connectivity index (χ0n) is 25.3. The molecule has 236 valence electrons. The molecule has 5 aromatic rings. The minimum absolute atomic E-state index is 0.0892. The number of carbonyl (C=O) groups excluding carboxylic acids is 2. The first-order valence-corrected chi connectivity index (χ1v) is 14.4. The molecule has 0 fully saturated rings. The number of amides is 2. The third kappa shape index (κ3) is 6.37. The van der Waals surface area contributed by atoms with Gasteiger partial charge in [0.1, 0.15) is 5.76 Å². The Bertz CT molecular complexity index is 1980. The van der Waals surface area contributed by atoms with E-state index in [1.165, 1.54) is 11.0 Å². The van der Waals surface area contributed by atoms with E-state index in [9.17, 15) is 32.7 Å². The minimum Gasteiger partial charge on any atom is -0.481 e. The predicted octanol–water partition coefficient (Wildman–Crippen LogP) is 7.73. The quantitative estimate of drug-likeness (QED) is 0.173. The van der Waals surface area contributed by atoms with Crippen molar-refractivity contribution < 1.29 is 37.1 Å². The number of nitrogens with two attached hydrogens (primary N) is 1. The van der Waals surface area contributed by atoms with Gasteiger partial charge in [-0.3, -0.25) is 14.4 Å². The molecule has 0 aliphatic carbocycles. The number of fused-ring (bicyclic) bond motifs is 1. The van der Waals surface area contributed by atoms with E-state index in [2.05, 4.69) is 0 Å². The summed E-state index contributed by atoms with van der Waals surface area (Å²) < 4.78 is 45.1. The average molecular weight is 629 g/mol. The van der Waals surface area contributed by atoms with E-state index in [1.807, 2.05) is 18.2 Å². The summed E-state index contributed by atoms with van der Waals surface area (Å²) in [4.78, 5) is 40.1. The summed E-state index contributed by atoms with van der Waals surface area (Å²) in [5.74, 6) is -3.52. The highest BCUT2D eigenvalue weighted by Crippen LogP contribution is 2.33. The number of furan rings is 1. The van der Waals surface area contributed by atoms with Crippen molar-refractivity contribution in [2.75, 3.05) is 0 Å². The fourth-order valence-corrected chi connectivity index (χ4v) is 5.37. The van der Waals surface area contributed by atoms with Crippen LogP contribution in [0.15, 0.2) is 95.4 Å². The lowest BCUT2D eigenvalue weighted by Gasteiger charge is -2.25. The molecule has 4 aromatic carbocycles. The molecule has 0 unspecified atom stereocenters. The third-order valence-electron chi connectivity index (χ3n) is 8.11. The minimum atomic E-state index is -4.70. The van der Waals surface area contributed by atoms with Crippen LogP contribution in [0.25, 0.3) is 21.9 Å². The number of hydrogen-bond donors (Lipinski definition) is 2. The van der Waals surface area contributed by atoms with Gasteiger partial charge in [0.05, 0.1) is 17.5 Å². The van der Waals surface area contributed by atoms with Gasteiger partial charge in [-0.25, -0.2) is 0 Å². The molecule has 5 rings (SSSR count). The maximum Gasteiger partial charge on any atom is 0.449 e. The molecular weight excluding hydrogens is 597 g/mol. The van der Waals surface area contributed by atoms with Crippen LogP contribution in [0.2, 0.25) is 0 Å². The number of alkyl halides is 3. The highest BCUT2D eigenvalue weighted by Gasteiger charge is 2.35. The van der Waals surface area contributed by atoms with Crippen LogP contribution in [0.4, 0.5) is 13.2 Å². The number of aliphatic carboxylic acids is 1. The van der Waals surface area contributed by atoms with Gasteiger partial charge < -0.3 is 20.2 Å². The number of rotatable bonds is 9. The molecule has 3 N–H and O–H groups in total. The maximum atomic E-state index is 14.2. The Kier molecular flexibility index (Phi) is 8.49. The van der Waals surface area contributed by atoms with Gasteiger partial charge in [0.15, 0.2) is 0 Å². The van der Waals surface area contributed by atoms with Gasteiger partial charge in [-0.1, -0.05) is 72.8 Å². The predicted molar refractivity (Wildman–Crippen MR) is 167 cm³/mol. The molecule has 7 nitrogen and oxygen atoms in total. The van der Waals surface area contributed by atoms with E-state index in [1.54, 1.807) is 81.4 Å². The molecule has 46 heavy (non-hydrogen) atoms. The van der Waals surface area contributed by atoms with Crippen LogP contribution in [-0.4, -0.2) is 27.8 Å². The first-order chi connectivity index (χ1) is 21.7. The van der Waals surface area contributed by atoms with Gasteiger partial charge in [0.2, 0.25) is 11.7 Å². The Hall–Kier alpha value is -5.38. The van der Waals surface area contributed by atoms with Crippen LogP contribution in [0, 0.1) is 6.92 Å². The summed E-state index contributed by atoms with van der Waals surface area (Å²) in [6.45, 7) is 4.46. The molecule has 0 radical (unpaired) electrons. The highest BCUT2D eigenvalue weighted by molar-refractivity contribution is 6.08. The second-order valence-electron chi connectivity index (χ2n) is 11.7. The number of hydrogen-bond acceptors (Lipinski definition) is 4. The van der Waals surface area contributed by atoms with Gasteiger partial charge in [0.25, 0.3) is 5.91 Å². The molecule has 0 saturated carbocycles. The summed E-state index contributed by atoms with van der Waals surface area (Å²) in [5, 5.41) is 11.2. The normalized spacial score (nSPS) is 11.9. The van der Waals surface area contributed by atoms with Gasteiger partial charge in [-0.15, -0.1) is 0 Å². The zero-order chi connectivity index (χ0) is 33.4. The molecule has 0 aliphatic heterocycles. The van der Waals surface area contributed by atoms with Crippen LogP contribution >= 0.6 is 0 Å². The molecule has 2 amide bonds. The molecule has 0 saturated heterocycles. The number of carbonyl (C=O) groups is 3. The smallest absolute Gasteiger partial charge is 0.449 e. The lowest BCUT2D eigenvalue weighted by Crippen LogP contribution is -2.32. The number of carboxylic acid groups (broad SMARTS) is 1. The third-order valence-corrected chi connectivity index (χ3v) is 8.11. The van der Waals surface area contributed by atoms with Gasteiger partial charge >= 0.3 is 12.1 Å². The first kappa shape index (κ1) is 32.0. The number of halogens is 3. The van der Waals surface area contributed by atoms with Gasteiger partial charge in [-0.2, -0.15) is 13.2 Å². The van der Waals surface area contributed by atoms with Crippen LogP contribution in [0.3, 0.4) is 0 Å². The van der Waals surface area contributed by atoms with Crippen molar-refractivity contribution in [1.29, 1.82) is 0 Å². The van der Waals surface area contributed by atoms with E-state index >= 15 is 0 Å². The van der Waals surface area contributed by atoms with E-state index < -0.39 is 35.1 Å². The van der Waals surface area contributed by atoms with Crippen LogP contribution < -0.4 is 5.73 Å². The molecule has 0 bridgehead atoms. The highest BCUT2D eigenvalue weighted by atomic mass is 19.4. The largest absolute Gasteiger partial charge is 0.481 e. The second-order valence-corrected chi connectivity index (χ2v) is 11.7. The lowest BCUT2D eigenvalue weighted by atomic mass is 9.83. The van der Waals surface area contributed by atoms with Gasteiger partial charge in [0, 0.05) is 12.1 Å². The van der Waals surface area contributed by atoms with Gasteiger partial charge in [-0.05, 0) is 77.6 Å². The van der Waals surface area contributed by atoms with Crippen molar-refractivity contribution in [3.63, 3.8) is 0 Å². The Morgan fingerprint density at radius 1 is 0.848 bits per heavy atom. The summed E-state index contributed by atoms with van der Waals surface area (Å²) in [6, 6.07) is 24.8. The maximum absolute atomic E-state index is 14.2. The monoisotopic (exact) mass is 628 g/mol. The molecule has 0 aliphatic rings. The van der Waals surface area contributed by atoms with E-state index in [0.29, 0.717) is 38.8 Å². The van der Waals surface area contributed by atoms with Crippen LogP contribution in [-0.2, 0) is 29.5 Å². The van der Waals surface area contributed by atoms with Crippen molar-refractivity contribution in [2.45, 2.75) is 45.5 Å². The van der Waals surface area contributed by atoms with Crippen LogP contribution in [0.5, 0.6) is 0 Å². The summed E-state index contributed by atoms with van der Waals surface area (Å²) >= 11 is 0. The average Bonchev–Trinajstić information content (AvgIpc) is 3.50. The molecule has 0 spiro atoms. The Labute approximate surface area is 263 Å². The van der Waals surface area contributed by atoms with Crippen molar-refractivity contribution >= 4 is 28.6 Å². The summed E-state index contributed by atoms with van der Waals surface area (Å²) in [6.07, 6.45) is -4.70. The van der Waals surface area contributed by atoms with E-state index in [-0.39, 0.29) is 24.4 Å². The SMILES string of the molecule is Cc1ccc2ccccc2c1C(=O)N(Cc1ccc(C(F)(F)F)o1)Cc1ccc(-c2cccc(C(C)(C)C(=O)O)c2)cc1C(N)=O. The van der Waals surface area contributed by atoms with E-state index in [0.717, 1.165) is 11.5 Å². The van der Waals surface area contributed by atoms with Crippen molar-refractivity contribution in [3.05, 3.63) is 130 Å². The fraction of sp³-hybridized carbons (Fsp3) is 0.194. The molecule has 1 heterocycles. The fourth-order valence-electron chi connectivity index (χ4n) is 5.37. The summed E-state index contributed by atoms with van der Waals surface area (Å²) in [7, 11) is 0. The number of nitrogens with zero attached hydrogens (tertiary/aromatic N) is 1. The van der Waals surface area contributed by atoms with Crippen molar-refractivity contribution in [1.82, 2.24) is 4.90 Å². The molecular formula is C36H31F3N2O5.